The average Bonchev–Trinajstić information content (AvgIpc) is 3.06. The summed E-state index contributed by atoms with van der Waals surface area (Å²) in [5.74, 6) is 0.927. The van der Waals surface area contributed by atoms with Crippen molar-refractivity contribution in [2.24, 2.45) is 7.05 Å². The minimum absolute atomic E-state index is 0.0893. The first kappa shape index (κ1) is 18.8. The molecular weight excluding hydrogens is 412 g/mol. The molecule has 3 rings (SSSR count). The number of aryl methyl sites for hydroxylation is 2. The summed E-state index contributed by atoms with van der Waals surface area (Å²) in [5, 5.41) is 17.2. The van der Waals surface area contributed by atoms with E-state index in [0.717, 1.165) is 21.3 Å². The molecule has 0 aliphatic heterocycles. The predicted octanol–water partition coefficient (Wildman–Crippen LogP) is 2.91. The third-order valence-corrected chi connectivity index (χ3v) is 4.27. The van der Waals surface area contributed by atoms with E-state index in [-0.39, 0.29) is 12.5 Å². The molecule has 0 saturated carbocycles. The largest absolute Gasteiger partial charge is 0.483 e. The maximum atomic E-state index is 12.1. The molecule has 2 N–H and O–H groups in total. The first-order chi connectivity index (χ1) is 13.0. The number of hydrogen-bond donors (Lipinski definition) is 2. The van der Waals surface area contributed by atoms with Gasteiger partial charge in [0.15, 0.2) is 6.61 Å². The van der Waals surface area contributed by atoms with Crippen LogP contribution >= 0.6 is 15.9 Å². The van der Waals surface area contributed by atoms with Gasteiger partial charge in [0.05, 0.1) is 0 Å². The van der Waals surface area contributed by atoms with E-state index < -0.39 is 0 Å². The van der Waals surface area contributed by atoms with Gasteiger partial charge in [-0.3, -0.25) is 4.79 Å². The fourth-order valence-corrected chi connectivity index (χ4v) is 2.77. The van der Waals surface area contributed by atoms with Crippen LogP contribution in [0.4, 0.5) is 11.6 Å². The van der Waals surface area contributed by atoms with E-state index in [1.54, 1.807) is 7.05 Å². The summed E-state index contributed by atoms with van der Waals surface area (Å²) in [7, 11) is 1.75. The normalized spacial score (nSPS) is 10.5. The number of amides is 1. The molecule has 0 spiro atoms. The zero-order chi connectivity index (χ0) is 19.2. The van der Waals surface area contributed by atoms with Crippen LogP contribution in [-0.4, -0.2) is 32.7 Å². The van der Waals surface area contributed by atoms with Crippen molar-refractivity contribution in [3.63, 3.8) is 0 Å². The van der Waals surface area contributed by atoms with Gasteiger partial charge in [0, 0.05) is 29.3 Å². The van der Waals surface area contributed by atoms with Gasteiger partial charge >= 0.3 is 0 Å². The Hall–Kier alpha value is -2.94. The molecule has 9 heteroatoms. The number of carbonyl (C=O) groups excluding carboxylic acids is 1. The van der Waals surface area contributed by atoms with Crippen LogP contribution in [0, 0.1) is 6.92 Å². The first-order valence-corrected chi connectivity index (χ1v) is 9.04. The molecule has 0 saturated heterocycles. The van der Waals surface area contributed by atoms with Gasteiger partial charge in [-0.15, -0.1) is 0 Å². The third-order valence-electron chi connectivity index (χ3n) is 3.77. The zero-order valence-electron chi connectivity index (χ0n) is 14.9. The molecule has 2 aromatic carbocycles. The van der Waals surface area contributed by atoms with Crippen molar-refractivity contribution in [1.29, 1.82) is 0 Å². The van der Waals surface area contributed by atoms with Crippen molar-refractivity contribution in [2.75, 3.05) is 17.2 Å². The van der Waals surface area contributed by atoms with E-state index in [9.17, 15) is 4.79 Å². The SMILES string of the molecule is Cc1ccc(NC(=O)COc2ccc(Br)cc2CNc2nnnn2C)cc1. The Balaban J connectivity index is 1.61. The van der Waals surface area contributed by atoms with Gasteiger partial charge in [-0.1, -0.05) is 38.7 Å². The second-order valence-corrected chi connectivity index (χ2v) is 6.85. The maximum absolute atomic E-state index is 12.1. The van der Waals surface area contributed by atoms with Crippen LogP contribution in [0.3, 0.4) is 0 Å². The van der Waals surface area contributed by atoms with E-state index >= 15 is 0 Å². The number of benzene rings is 2. The molecule has 3 aromatic rings. The zero-order valence-corrected chi connectivity index (χ0v) is 16.5. The van der Waals surface area contributed by atoms with Crippen molar-refractivity contribution >= 4 is 33.5 Å². The Morgan fingerprint density at radius 1 is 1.22 bits per heavy atom. The average molecular weight is 431 g/mol. The number of rotatable bonds is 7. The number of anilines is 2. The van der Waals surface area contributed by atoms with Crippen LogP contribution in [0.25, 0.3) is 0 Å². The summed E-state index contributed by atoms with van der Waals surface area (Å²) < 4.78 is 8.16. The molecular formula is C18H19BrN6O2. The lowest BCUT2D eigenvalue weighted by Crippen LogP contribution is -2.20. The topological polar surface area (TPSA) is 94.0 Å². The molecule has 8 nitrogen and oxygen atoms in total. The highest BCUT2D eigenvalue weighted by molar-refractivity contribution is 9.10. The van der Waals surface area contributed by atoms with Crippen molar-refractivity contribution < 1.29 is 9.53 Å². The van der Waals surface area contributed by atoms with E-state index in [1.807, 2.05) is 49.4 Å². The number of carbonyl (C=O) groups is 1. The fourth-order valence-electron chi connectivity index (χ4n) is 2.36. The molecule has 0 fully saturated rings. The van der Waals surface area contributed by atoms with E-state index in [4.69, 9.17) is 4.74 Å². The molecule has 0 atom stereocenters. The van der Waals surface area contributed by atoms with Gasteiger partial charge in [0.1, 0.15) is 5.75 Å². The minimum Gasteiger partial charge on any atom is -0.483 e. The molecule has 0 aliphatic carbocycles. The van der Waals surface area contributed by atoms with Crippen LogP contribution in [0.1, 0.15) is 11.1 Å². The molecule has 1 heterocycles. The van der Waals surface area contributed by atoms with Crippen LogP contribution in [-0.2, 0) is 18.4 Å². The van der Waals surface area contributed by atoms with Crippen LogP contribution in [0.15, 0.2) is 46.9 Å². The molecule has 1 aromatic heterocycles. The highest BCUT2D eigenvalue weighted by Gasteiger charge is 2.10. The van der Waals surface area contributed by atoms with Crippen molar-refractivity contribution in [2.45, 2.75) is 13.5 Å². The van der Waals surface area contributed by atoms with Crippen molar-refractivity contribution in [3.8, 4) is 5.75 Å². The van der Waals surface area contributed by atoms with Crippen LogP contribution < -0.4 is 15.4 Å². The summed E-state index contributed by atoms with van der Waals surface area (Å²) in [5.41, 5.74) is 2.74. The Kier molecular flexibility index (Phi) is 6.02. The molecule has 0 unspecified atom stereocenters. The standard InChI is InChI=1S/C18H19BrN6O2/c1-12-3-6-15(7-4-12)21-17(26)11-27-16-8-5-14(19)9-13(16)10-20-18-22-23-24-25(18)2/h3-9H,10-11H2,1-2H3,(H,21,26)(H,20,22,24). The van der Waals surface area contributed by atoms with Gasteiger partial charge in [0.2, 0.25) is 5.95 Å². The third kappa shape index (κ3) is 5.27. The summed E-state index contributed by atoms with van der Waals surface area (Å²) in [6.07, 6.45) is 0. The lowest BCUT2D eigenvalue weighted by atomic mass is 10.2. The van der Waals surface area contributed by atoms with Crippen LogP contribution in [0.5, 0.6) is 5.75 Å². The van der Waals surface area contributed by atoms with E-state index in [2.05, 4.69) is 42.1 Å². The molecule has 0 aliphatic rings. The van der Waals surface area contributed by atoms with E-state index in [0.29, 0.717) is 18.2 Å². The number of nitrogens with zero attached hydrogens (tertiary/aromatic N) is 4. The quantitative estimate of drug-likeness (QED) is 0.598. The van der Waals surface area contributed by atoms with Gasteiger partial charge in [-0.25, -0.2) is 4.68 Å². The second kappa shape index (κ2) is 8.63. The minimum atomic E-state index is -0.224. The first-order valence-electron chi connectivity index (χ1n) is 8.25. The number of nitrogens with one attached hydrogen (secondary N) is 2. The van der Waals surface area contributed by atoms with Gasteiger partial charge in [0.25, 0.3) is 5.91 Å². The molecule has 27 heavy (non-hydrogen) atoms. The lowest BCUT2D eigenvalue weighted by molar-refractivity contribution is -0.118. The highest BCUT2D eigenvalue weighted by atomic mass is 79.9. The predicted molar refractivity (Wildman–Crippen MR) is 106 cm³/mol. The number of halogens is 1. The second-order valence-electron chi connectivity index (χ2n) is 5.93. The summed E-state index contributed by atoms with van der Waals surface area (Å²) >= 11 is 3.45. The number of hydrogen-bond acceptors (Lipinski definition) is 6. The summed E-state index contributed by atoms with van der Waals surface area (Å²) in [4.78, 5) is 12.1. The number of ether oxygens (including phenoxy) is 1. The smallest absolute Gasteiger partial charge is 0.262 e. The van der Waals surface area contributed by atoms with Gasteiger partial charge < -0.3 is 15.4 Å². The molecule has 1 amide bonds. The summed E-state index contributed by atoms with van der Waals surface area (Å²) in [6, 6.07) is 13.2. The van der Waals surface area contributed by atoms with Crippen LogP contribution in [0.2, 0.25) is 0 Å². The molecule has 140 valence electrons. The summed E-state index contributed by atoms with van der Waals surface area (Å²) in [6.45, 7) is 2.35. The Labute approximate surface area is 165 Å². The molecule has 0 radical (unpaired) electrons. The maximum Gasteiger partial charge on any atom is 0.262 e. The van der Waals surface area contributed by atoms with Crippen molar-refractivity contribution in [1.82, 2.24) is 20.2 Å². The van der Waals surface area contributed by atoms with Crippen molar-refractivity contribution in [3.05, 3.63) is 58.1 Å². The lowest BCUT2D eigenvalue weighted by Gasteiger charge is -2.13. The number of aromatic nitrogens is 4. The Morgan fingerprint density at radius 2 is 2.00 bits per heavy atom. The number of tetrazole rings is 1. The van der Waals surface area contributed by atoms with Gasteiger partial charge in [-0.2, -0.15) is 0 Å². The highest BCUT2D eigenvalue weighted by Crippen LogP contribution is 2.24. The van der Waals surface area contributed by atoms with E-state index in [1.165, 1.54) is 4.68 Å². The Bertz CT molecular complexity index is 926. The monoisotopic (exact) mass is 430 g/mol. The Morgan fingerprint density at radius 3 is 2.70 bits per heavy atom. The molecule has 0 bridgehead atoms. The van der Waals surface area contributed by atoms with Gasteiger partial charge in [-0.05, 0) is 47.7 Å². The fraction of sp³-hybridized carbons (Fsp3) is 0.222.